The van der Waals surface area contributed by atoms with Crippen molar-refractivity contribution in [3.8, 4) is 23.0 Å². The number of anilines is 1. The highest BCUT2D eigenvalue weighted by atomic mass is 16.7. The maximum Gasteiger partial charge on any atom is 0.312 e. The van der Waals surface area contributed by atoms with Crippen LogP contribution in [0.25, 0.3) is 10.8 Å². The molecule has 7 heterocycles. The summed E-state index contributed by atoms with van der Waals surface area (Å²) >= 11 is 0. The molecule has 0 saturated carbocycles. The Kier molecular flexibility index (Phi) is 30.9. The number of hydrogen-bond donors (Lipinski definition) is 10. The first-order valence-corrected chi connectivity index (χ1v) is 38.7. The van der Waals surface area contributed by atoms with Crippen LogP contribution in [0.1, 0.15) is 165 Å². The molecule has 4 saturated heterocycles. The standard InChI is InChI=1S/C43H58N4O12.C38H69NO13/c1-21-12-11-13-22(2)42(55)45-33-28(20-44-47-17-15-46(9)16-18-47)37(52)30-31(38(33)53)36(51)26(6)40-32(30)41(54)43(8,59-40)57-19-14-29(56-10)23(3)39(58-27(7)48)25(5)35(50)24(4)34(21)49;1-15-26-38(10,45)31(42)21(4)28(40)19(2)17-37(9,47-14)33(52-35-29(41)25(39(11)12)16-20(3)48-35)22(5)30(23(6)34(44)50-26)51-27-18-36(8,46-13)32(43)24(7)49-27/h11-14,19-21,23-25,29,34-35,39,49-53H,15-18H2,1-10H3,(H,45,55);19-27,29-33,35,41-43,45H,15-18H2,1-14H3/b12-11+,19-14+,22-13-,44-20-;/t21-,23+,24+,25+,29-,34-,35+,39+,43-;19-,20-,21+,22+,23-,24+,25+,26-,27+,29-,30+,31-,32+,33-,35+,36-,37-,38-/m01/s1. The van der Waals surface area contributed by atoms with Gasteiger partial charge in [0.15, 0.2) is 18.3 Å². The molecule has 27 atom stereocenters. The lowest BCUT2D eigenvalue weighted by atomic mass is 9.74. The van der Waals surface area contributed by atoms with Crippen LogP contribution in [-0.2, 0) is 66.5 Å². The van der Waals surface area contributed by atoms with Gasteiger partial charge in [0, 0.05) is 132 Å². The van der Waals surface area contributed by atoms with Crippen molar-refractivity contribution in [2.45, 2.75) is 265 Å². The third-order valence-corrected chi connectivity index (χ3v) is 24.1. The Morgan fingerprint density at radius 3 is 1.96 bits per heavy atom. The quantitative estimate of drug-likeness (QED) is 0.0453. The Bertz CT molecular complexity index is 3710. The smallest absolute Gasteiger partial charge is 0.312 e. The number of aromatic hydroxyl groups is 3. The average molecular weight is 1570 g/mol. The summed E-state index contributed by atoms with van der Waals surface area (Å²) in [5.41, 5.74) is -4.59. The number of piperazine rings is 1. The summed E-state index contributed by atoms with van der Waals surface area (Å²) < 4.78 is 67.5. The maximum absolute atomic E-state index is 14.4. The second kappa shape index (κ2) is 37.4. The summed E-state index contributed by atoms with van der Waals surface area (Å²) in [6.45, 7) is 32.1. The largest absolute Gasteiger partial charge is 0.507 e. The third-order valence-electron chi connectivity index (χ3n) is 24.1. The van der Waals surface area contributed by atoms with E-state index in [1.807, 2.05) is 39.9 Å². The Labute approximate surface area is 653 Å². The van der Waals surface area contributed by atoms with Gasteiger partial charge in [-0.3, -0.25) is 29.0 Å². The van der Waals surface area contributed by atoms with Crippen LogP contribution in [-0.4, -0.2) is 280 Å². The number of cyclic esters (lactones) is 1. The van der Waals surface area contributed by atoms with E-state index in [9.17, 15) is 69.9 Å². The number of ketones is 2. The van der Waals surface area contributed by atoms with E-state index >= 15 is 0 Å². The number of phenols is 3. The minimum atomic E-state index is -2.04. The molecular weight excluding hydrogens is 1440 g/mol. The molecule has 0 radical (unpaired) electrons. The fourth-order valence-electron chi connectivity index (χ4n) is 16.5. The summed E-state index contributed by atoms with van der Waals surface area (Å²) in [4.78, 5) is 72.7. The molecule has 1 amide bonds. The molecule has 626 valence electrons. The van der Waals surface area contributed by atoms with Gasteiger partial charge in [0.2, 0.25) is 0 Å². The highest BCUT2D eigenvalue weighted by Crippen LogP contribution is 2.55. The molecule has 0 spiro atoms. The number of amides is 1. The topological polar surface area (TPSA) is 403 Å². The van der Waals surface area contributed by atoms with E-state index in [2.05, 4.69) is 15.3 Å². The normalized spacial score (nSPS) is 40.0. The van der Waals surface area contributed by atoms with Crippen molar-refractivity contribution < 1.29 is 122 Å². The predicted octanol–water partition coefficient (Wildman–Crippen LogP) is 6.78. The van der Waals surface area contributed by atoms with Gasteiger partial charge in [0.25, 0.3) is 11.7 Å². The number of Topliss-reactive ketones (excluding diaryl/α,β-unsaturated/α-hetero) is 2. The number of likely N-dealkylation sites (N-methyl/N-ethyl adjacent to an activating group) is 2. The van der Waals surface area contributed by atoms with Gasteiger partial charge in [-0.05, 0) is 102 Å². The molecule has 30 heteroatoms. The molecule has 2 aromatic rings. The Morgan fingerprint density at radius 1 is 0.748 bits per heavy atom. The predicted molar refractivity (Wildman–Crippen MR) is 412 cm³/mol. The molecule has 5 bridgehead atoms. The van der Waals surface area contributed by atoms with Crippen molar-refractivity contribution in [3.63, 3.8) is 0 Å². The number of fused-ring (bicyclic) bond motifs is 14. The molecule has 111 heavy (non-hydrogen) atoms. The molecule has 30 nitrogen and oxygen atoms in total. The lowest BCUT2D eigenvalue weighted by Crippen LogP contribution is -2.61. The highest BCUT2D eigenvalue weighted by molar-refractivity contribution is 6.24. The van der Waals surface area contributed by atoms with Crippen LogP contribution in [0, 0.1) is 54.3 Å². The van der Waals surface area contributed by atoms with Gasteiger partial charge in [-0.25, -0.2) is 0 Å². The van der Waals surface area contributed by atoms with E-state index in [-0.39, 0.29) is 81.7 Å². The van der Waals surface area contributed by atoms with Gasteiger partial charge in [-0.2, -0.15) is 5.10 Å². The van der Waals surface area contributed by atoms with Crippen molar-refractivity contribution in [1.82, 2.24) is 14.8 Å². The Hall–Kier alpha value is -6.46. The van der Waals surface area contributed by atoms with Crippen molar-refractivity contribution >= 4 is 52.1 Å². The highest BCUT2D eigenvalue weighted by Gasteiger charge is 2.56. The number of nitrogens with one attached hydrogen (secondary N) is 1. The lowest BCUT2D eigenvalue weighted by Gasteiger charge is -2.50. The van der Waals surface area contributed by atoms with Gasteiger partial charge in [0.05, 0.1) is 101 Å². The minimum absolute atomic E-state index is 0.0559. The summed E-state index contributed by atoms with van der Waals surface area (Å²) in [5, 5.41) is 112. The molecule has 9 rings (SSSR count). The van der Waals surface area contributed by atoms with E-state index in [1.165, 1.54) is 80.6 Å². The second-order valence-electron chi connectivity index (χ2n) is 32.8. The van der Waals surface area contributed by atoms with Crippen molar-refractivity contribution in [3.05, 3.63) is 52.8 Å². The van der Waals surface area contributed by atoms with E-state index in [0.29, 0.717) is 19.5 Å². The molecule has 10 N–H and O–H groups in total. The fraction of sp³-hybridized carbons (Fsp3) is 0.728. The summed E-state index contributed by atoms with van der Waals surface area (Å²) in [7, 11) is 10.2. The first kappa shape index (κ1) is 91.7. The van der Waals surface area contributed by atoms with Crippen molar-refractivity contribution in [1.29, 1.82) is 0 Å². The maximum atomic E-state index is 14.4. The van der Waals surface area contributed by atoms with E-state index < -0.39 is 191 Å². The lowest BCUT2D eigenvalue weighted by molar-refractivity contribution is -0.319. The number of benzene rings is 2. The van der Waals surface area contributed by atoms with Crippen LogP contribution in [0.5, 0.6) is 23.0 Å². The molecule has 4 fully saturated rings. The molecular formula is C81H127N5O25. The molecule has 2 aromatic carbocycles. The van der Waals surface area contributed by atoms with Gasteiger partial charge in [-0.15, -0.1) is 0 Å². The van der Waals surface area contributed by atoms with E-state index in [4.69, 9.17) is 52.1 Å². The summed E-state index contributed by atoms with van der Waals surface area (Å²) in [5.74, 6) is -12.8. The van der Waals surface area contributed by atoms with Gasteiger partial charge in [-0.1, -0.05) is 73.6 Å². The van der Waals surface area contributed by atoms with Gasteiger partial charge >= 0.3 is 17.7 Å². The van der Waals surface area contributed by atoms with Crippen LogP contribution in [0.15, 0.2) is 41.2 Å². The van der Waals surface area contributed by atoms with Gasteiger partial charge < -0.3 is 113 Å². The number of carbonyl (C=O) groups excluding carboxylic acids is 5. The first-order valence-electron chi connectivity index (χ1n) is 38.7. The van der Waals surface area contributed by atoms with Crippen LogP contribution in [0.4, 0.5) is 5.69 Å². The zero-order chi connectivity index (χ0) is 83.3. The zero-order valence-corrected chi connectivity index (χ0v) is 69.2. The summed E-state index contributed by atoms with van der Waals surface area (Å²) in [6.07, 6.45) is -3.87. The minimum Gasteiger partial charge on any atom is -0.507 e. The zero-order valence-electron chi connectivity index (χ0n) is 69.2. The van der Waals surface area contributed by atoms with Gasteiger partial charge in [0.1, 0.15) is 53.0 Å². The number of methoxy groups -OCH3 is 3. The number of nitrogens with zero attached hydrogens (tertiary/aromatic N) is 4. The second-order valence-corrected chi connectivity index (χ2v) is 32.8. The SMILES string of the molecule is CC[C@H]1OC(=O)[C@H](C)[C@@H](O[C@H]2C[C@@](C)(OC)[C@@H](O)[C@H](C)O2)[C@H](C)[C@@H](O[C@@H]2O[C@H](C)C[C@H](N(C)C)[C@H]2O)[C@](C)(OC)C[C@@H](C)C(=O)[C@H](C)[C@@H](O)[C@]1(C)O.CO[C@H]1/C=C/O[C@@]2(C)Oc3c(C)c(O)c4c(O)c(c(/C=N\N5CCN(C)CC5)c(O)c4c3C2=O)NC(=O)/C(C)=C\C=C\[C@H](C)[C@H](O)[C@@H](C)[C@@H](O)[C@@H](C)[C@H](OC(C)=O)[C@@H]1C. The van der Waals surface area contributed by atoms with Crippen LogP contribution < -0.4 is 10.1 Å². The van der Waals surface area contributed by atoms with E-state index in [1.54, 1.807) is 93.3 Å². The number of phenolic OH excluding ortho intramolecular Hbond substituents is 3. The Balaban J connectivity index is 0.000000311. The Morgan fingerprint density at radius 2 is 1.38 bits per heavy atom. The third kappa shape index (κ3) is 19.7. The molecule has 7 aliphatic rings. The number of hydrazone groups is 1. The number of carbonyl (C=O) groups is 5. The number of hydrogen-bond acceptors (Lipinski definition) is 29. The number of ether oxygens (including phenoxy) is 11. The van der Waals surface area contributed by atoms with Crippen molar-refractivity contribution in [2.75, 3.05) is 74.0 Å². The first-order chi connectivity index (χ1) is 51.7. The molecule has 0 aromatic heterocycles. The number of esters is 2. The van der Waals surface area contributed by atoms with Crippen LogP contribution >= 0.6 is 0 Å². The summed E-state index contributed by atoms with van der Waals surface area (Å²) in [6, 6.07) is -0.283. The molecule has 7 aliphatic heterocycles. The number of allylic oxidation sites excluding steroid dienone is 2. The molecule has 0 aliphatic carbocycles. The molecule has 0 unspecified atom stereocenters. The number of rotatable bonds is 12. The number of aliphatic hydroxyl groups excluding tert-OH is 5. The van der Waals surface area contributed by atoms with Crippen LogP contribution in [0.3, 0.4) is 0 Å². The monoisotopic (exact) mass is 1570 g/mol. The van der Waals surface area contributed by atoms with Crippen molar-refractivity contribution in [2.24, 2.45) is 52.4 Å². The van der Waals surface area contributed by atoms with E-state index in [0.717, 1.165) is 13.1 Å². The van der Waals surface area contributed by atoms with Crippen LogP contribution in [0.2, 0.25) is 0 Å². The number of aliphatic hydroxyl groups is 6. The fourth-order valence-corrected chi connectivity index (χ4v) is 16.5. The average Bonchev–Trinajstić information content (AvgIpc) is 1.56.